The molecule has 15 heavy (non-hydrogen) atoms. The largest absolute Gasteiger partial charge is 0.354 e. The van der Waals surface area contributed by atoms with E-state index in [0.717, 1.165) is 6.54 Å². The van der Waals surface area contributed by atoms with Gasteiger partial charge in [0, 0.05) is 6.54 Å². The van der Waals surface area contributed by atoms with Crippen LogP contribution in [-0.2, 0) is 4.79 Å². The maximum absolute atomic E-state index is 11.8. The van der Waals surface area contributed by atoms with Gasteiger partial charge in [-0.05, 0) is 51.2 Å². The van der Waals surface area contributed by atoms with Crippen LogP contribution in [0.1, 0.15) is 26.7 Å². The highest BCUT2D eigenvalue weighted by atomic mass is 32.2. The molecule has 1 aliphatic heterocycles. The Morgan fingerprint density at radius 2 is 2.00 bits per heavy atom. The molecule has 1 saturated heterocycles. The van der Waals surface area contributed by atoms with E-state index in [2.05, 4.69) is 10.6 Å². The molecule has 0 aliphatic carbocycles. The maximum Gasteiger partial charge on any atom is 0.239 e. The summed E-state index contributed by atoms with van der Waals surface area (Å²) in [5, 5.41) is 6.05. The normalized spacial score (nSPS) is 18.9. The fraction of sp³-hybridized carbons (Fsp3) is 0.909. The second-order valence-electron chi connectivity index (χ2n) is 4.64. The molecule has 0 saturated carbocycles. The summed E-state index contributed by atoms with van der Waals surface area (Å²) in [7, 11) is 1.82. The topological polar surface area (TPSA) is 41.1 Å². The first-order valence-electron chi connectivity index (χ1n) is 5.61. The number of amides is 1. The Morgan fingerprint density at radius 3 is 2.53 bits per heavy atom. The fourth-order valence-corrected chi connectivity index (χ4v) is 2.73. The Labute approximate surface area is 96.8 Å². The number of thioether (sulfide) groups is 1. The van der Waals surface area contributed by atoms with E-state index in [1.54, 1.807) is 0 Å². The smallest absolute Gasteiger partial charge is 0.239 e. The third-order valence-corrected chi connectivity index (χ3v) is 4.13. The number of hydrogen-bond donors (Lipinski definition) is 2. The quantitative estimate of drug-likeness (QED) is 0.763. The molecule has 88 valence electrons. The minimum Gasteiger partial charge on any atom is -0.354 e. The molecule has 0 atom stereocenters. The first-order chi connectivity index (χ1) is 7.06. The Bertz CT molecular complexity index is 213. The van der Waals surface area contributed by atoms with E-state index >= 15 is 0 Å². The van der Waals surface area contributed by atoms with Crippen molar-refractivity contribution in [3.8, 4) is 0 Å². The van der Waals surface area contributed by atoms with Crippen LogP contribution in [0.3, 0.4) is 0 Å². The fourth-order valence-electron chi connectivity index (χ4n) is 1.52. The van der Waals surface area contributed by atoms with Crippen molar-refractivity contribution in [2.75, 3.05) is 25.1 Å². The number of rotatable bonds is 4. The molecule has 0 unspecified atom stereocenters. The van der Waals surface area contributed by atoms with Crippen molar-refractivity contribution in [2.45, 2.75) is 32.2 Å². The zero-order valence-corrected chi connectivity index (χ0v) is 10.7. The van der Waals surface area contributed by atoms with Gasteiger partial charge >= 0.3 is 0 Å². The Morgan fingerprint density at radius 1 is 1.40 bits per heavy atom. The van der Waals surface area contributed by atoms with Crippen LogP contribution in [-0.4, -0.2) is 36.5 Å². The standard InChI is InChI=1S/C11H22N2OS/c1-11(2,12-3)10(14)13-8-9-4-6-15-7-5-9/h9,12H,4-8H2,1-3H3,(H,13,14). The molecule has 1 aliphatic rings. The summed E-state index contributed by atoms with van der Waals surface area (Å²) in [5.74, 6) is 3.28. The third kappa shape index (κ3) is 4.03. The SMILES string of the molecule is CNC(C)(C)C(=O)NCC1CCSCC1. The molecule has 0 bridgehead atoms. The van der Waals surface area contributed by atoms with Crippen LogP contribution in [0.25, 0.3) is 0 Å². The molecule has 3 nitrogen and oxygen atoms in total. The van der Waals surface area contributed by atoms with Crippen LogP contribution < -0.4 is 10.6 Å². The lowest BCUT2D eigenvalue weighted by Gasteiger charge is -2.26. The van der Waals surface area contributed by atoms with Crippen LogP contribution in [0.4, 0.5) is 0 Å². The average molecular weight is 230 g/mol. The van der Waals surface area contributed by atoms with Crippen molar-refractivity contribution in [3.63, 3.8) is 0 Å². The second-order valence-corrected chi connectivity index (χ2v) is 5.87. The molecule has 1 amide bonds. The first-order valence-corrected chi connectivity index (χ1v) is 6.76. The summed E-state index contributed by atoms with van der Waals surface area (Å²) < 4.78 is 0. The summed E-state index contributed by atoms with van der Waals surface area (Å²) in [6.07, 6.45) is 2.48. The van der Waals surface area contributed by atoms with E-state index in [9.17, 15) is 4.79 Å². The van der Waals surface area contributed by atoms with Crippen molar-refractivity contribution in [1.29, 1.82) is 0 Å². The van der Waals surface area contributed by atoms with E-state index in [4.69, 9.17) is 0 Å². The number of nitrogens with one attached hydrogen (secondary N) is 2. The van der Waals surface area contributed by atoms with E-state index in [0.29, 0.717) is 5.92 Å². The molecular weight excluding hydrogens is 208 g/mol. The van der Waals surface area contributed by atoms with E-state index in [1.807, 2.05) is 32.7 Å². The lowest BCUT2D eigenvalue weighted by Crippen LogP contribution is -2.52. The zero-order chi connectivity index (χ0) is 11.3. The van der Waals surface area contributed by atoms with Gasteiger partial charge in [-0.15, -0.1) is 0 Å². The van der Waals surface area contributed by atoms with Crippen LogP contribution in [0.5, 0.6) is 0 Å². The highest BCUT2D eigenvalue weighted by Gasteiger charge is 2.25. The number of hydrogen-bond acceptors (Lipinski definition) is 3. The van der Waals surface area contributed by atoms with Gasteiger partial charge in [-0.2, -0.15) is 11.8 Å². The second kappa shape index (κ2) is 5.75. The summed E-state index contributed by atoms with van der Waals surface area (Å²) >= 11 is 2.02. The van der Waals surface area contributed by atoms with Gasteiger partial charge in [0.2, 0.25) is 5.91 Å². The van der Waals surface area contributed by atoms with Crippen LogP contribution >= 0.6 is 11.8 Å². The van der Waals surface area contributed by atoms with Crippen molar-refractivity contribution < 1.29 is 4.79 Å². The monoisotopic (exact) mass is 230 g/mol. The molecule has 1 heterocycles. The predicted octanol–water partition coefficient (Wildman–Crippen LogP) is 1.24. The third-order valence-electron chi connectivity index (χ3n) is 3.08. The van der Waals surface area contributed by atoms with E-state index in [-0.39, 0.29) is 5.91 Å². The molecule has 1 fully saturated rings. The van der Waals surface area contributed by atoms with Crippen LogP contribution in [0, 0.1) is 5.92 Å². The predicted molar refractivity (Wildman–Crippen MR) is 66.2 cm³/mol. The van der Waals surface area contributed by atoms with Gasteiger partial charge in [0.05, 0.1) is 5.54 Å². The van der Waals surface area contributed by atoms with Gasteiger partial charge in [0.25, 0.3) is 0 Å². The molecule has 4 heteroatoms. The Kier molecular flexibility index (Phi) is 4.93. The molecule has 0 spiro atoms. The minimum atomic E-state index is -0.455. The number of carbonyl (C=O) groups is 1. The van der Waals surface area contributed by atoms with Gasteiger partial charge in [-0.3, -0.25) is 4.79 Å². The Balaban J connectivity index is 2.26. The van der Waals surface area contributed by atoms with Gasteiger partial charge < -0.3 is 10.6 Å². The first kappa shape index (κ1) is 12.8. The number of carbonyl (C=O) groups excluding carboxylic acids is 1. The van der Waals surface area contributed by atoms with Gasteiger partial charge in [-0.25, -0.2) is 0 Å². The minimum absolute atomic E-state index is 0.100. The highest BCUT2D eigenvalue weighted by molar-refractivity contribution is 7.99. The average Bonchev–Trinajstić information content (AvgIpc) is 2.27. The number of likely N-dealkylation sites (N-methyl/N-ethyl adjacent to an activating group) is 1. The molecule has 0 radical (unpaired) electrons. The van der Waals surface area contributed by atoms with Crippen LogP contribution in [0.15, 0.2) is 0 Å². The summed E-state index contributed by atoms with van der Waals surface area (Å²) in [6.45, 7) is 4.64. The van der Waals surface area contributed by atoms with Crippen molar-refractivity contribution >= 4 is 17.7 Å². The van der Waals surface area contributed by atoms with Crippen molar-refractivity contribution in [3.05, 3.63) is 0 Å². The maximum atomic E-state index is 11.8. The van der Waals surface area contributed by atoms with Crippen LogP contribution in [0.2, 0.25) is 0 Å². The van der Waals surface area contributed by atoms with E-state index < -0.39 is 5.54 Å². The van der Waals surface area contributed by atoms with Crippen molar-refractivity contribution in [2.24, 2.45) is 5.92 Å². The molecule has 0 aromatic rings. The molecule has 1 rings (SSSR count). The summed E-state index contributed by atoms with van der Waals surface area (Å²) in [5.41, 5.74) is -0.455. The highest BCUT2D eigenvalue weighted by Crippen LogP contribution is 2.21. The van der Waals surface area contributed by atoms with E-state index in [1.165, 1.54) is 24.3 Å². The molecule has 2 N–H and O–H groups in total. The van der Waals surface area contributed by atoms with Gasteiger partial charge in [0.15, 0.2) is 0 Å². The van der Waals surface area contributed by atoms with Gasteiger partial charge in [0.1, 0.15) is 0 Å². The molecular formula is C11H22N2OS. The lowest BCUT2D eigenvalue weighted by molar-refractivity contribution is -0.126. The lowest BCUT2D eigenvalue weighted by atomic mass is 10.0. The molecule has 0 aromatic carbocycles. The summed E-state index contributed by atoms with van der Waals surface area (Å²) in [4.78, 5) is 11.8. The Hall–Kier alpha value is -0.220. The van der Waals surface area contributed by atoms with Crippen molar-refractivity contribution in [1.82, 2.24) is 10.6 Å². The summed E-state index contributed by atoms with van der Waals surface area (Å²) in [6, 6.07) is 0. The molecule has 0 aromatic heterocycles. The zero-order valence-electron chi connectivity index (χ0n) is 9.93. The van der Waals surface area contributed by atoms with Gasteiger partial charge in [-0.1, -0.05) is 0 Å².